The molecule has 23 heavy (non-hydrogen) atoms. The third-order valence-electron chi connectivity index (χ3n) is 4.72. The van der Waals surface area contributed by atoms with Crippen molar-refractivity contribution in [1.29, 1.82) is 0 Å². The van der Waals surface area contributed by atoms with Gasteiger partial charge in [0.05, 0.1) is 0 Å². The lowest BCUT2D eigenvalue weighted by Gasteiger charge is -2.20. The Balaban J connectivity index is 1.55. The maximum atomic E-state index is 11.9. The van der Waals surface area contributed by atoms with Crippen LogP contribution in [0.2, 0.25) is 0 Å². The smallest absolute Gasteiger partial charge is 0.336 e. The molecule has 1 fully saturated rings. The van der Waals surface area contributed by atoms with Crippen molar-refractivity contribution in [2.75, 3.05) is 13.2 Å². The topological polar surface area (TPSA) is 68.5 Å². The number of nitrogens with one attached hydrogen (secondary N) is 1. The normalized spacial score (nSPS) is 15.6. The van der Waals surface area contributed by atoms with E-state index < -0.39 is 5.63 Å². The minimum absolute atomic E-state index is 0.0449. The fourth-order valence-corrected chi connectivity index (χ4v) is 2.72. The zero-order chi connectivity index (χ0) is 16.4. The van der Waals surface area contributed by atoms with Gasteiger partial charge in [0.15, 0.2) is 6.61 Å². The number of fused-ring (bicyclic) bond motifs is 1. The van der Waals surface area contributed by atoms with Crippen molar-refractivity contribution < 1.29 is 13.9 Å². The molecule has 1 saturated carbocycles. The minimum atomic E-state index is -0.407. The standard InChI is InChI=1S/C18H21NO4/c1-12(2)18(7-8-18)11-19-16(20)10-22-14-5-3-13-4-6-17(21)23-15(13)9-14/h3-6,9,12H,7-8,10-11H2,1-2H3,(H,19,20). The average molecular weight is 315 g/mol. The predicted molar refractivity (Wildman–Crippen MR) is 87.5 cm³/mol. The first kappa shape index (κ1) is 15.6. The molecule has 1 heterocycles. The number of rotatable bonds is 6. The van der Waals surface area contributed by atoms with Crippen LogP contribution in [0.15, 0.2) is 39.5 Å². The Morgan fingerprint density at radius 3 is 2.74 bits per heavy atom. The molecule has 3 rings (SSSR count). The Morgan fingerprint density at radius 2 is 2.04 bits per heavy atom. The Morgan fingerprint density at radius 1 is 1.30 bits per heavy atom. The second kappa shape index (κ2) is 6.07. The molecule has 1 aliphatic carbocycles. The Bertz CT molecular complexity index is 774. The number of ether oxygens (including phenoxy) is 1. The van der Waals surface area contributed by atoms with Crippen molar-refractivity contribution in [1.82, 2.24) is 5.32 Å². The molecule has 0 saturated heterocycles. The van der Waals surface area contributed by atoms with Crippen molar-refractivity contribution in [3.63, 3.8) is 0 Å². The molecule has 1 amide bonds. The van der Waals surface area contributed by atoms with Gasteiger partial charge in [-0.3, -0.25) is 4.79 Å². The highest BCUT2D eigenvalue weighted by Crippen LogP contribution is 2.51. The molecule has 0 bridgehead atoms. The van der Waals surface area contributed by atoms with Gasteiger partial charge in [-0.15, -0.1) is 0 Å². The zero-order valence-electron chi connectivity index (χ0n) is 13.4. The first-order chi connectivity index (χ1) is 11.0. The molecule has 1 aliphatic rings. The molecule has 1 aromatic heterocycles. The summed E-state index contributed by atoms with van der Waals surface area (Å²) in [5.74, 6) is 0.950. The van der Waals surface area contributed by atoms with Gasteiger partial charge in [-0.1, -0.05) is 13.8 Å². The molecule has 5 nitrogen and oxygen atoms in total. The van der Waals surface area contributed by atoms with E-state index in [4.69, 9.17) is 9.15 Å². The van der Waals surface area contributed by atoms with Crippen LogP contribution in [0.1, 0.15) is 26.7 Å². The molecule has 1 N–H and O–H groups in total. The summed E-state index contributed by atoms with van der Waals surface area (Å²) in [6, 6.07) is 8.24. The summed E-state index contributed by atoms with van der Waals surface area (Å²) < 4.78 is 10.6. The highest BCUT2D eigenvalue weighted by atomic mass is 16.5. The minimum Gasteiger partial charge on any atom is -0.484 e. The zero-order valence-corrected chi connectivity index (χ0v) is 13.4. The van der Waals surface area contributed by atoms with E-state index in [1.807, 2.05) is 0 Å². The average Bonchev–Trinajstić information content (AvgIpc) is 3.32. The first-order valence-corrected chi connectivity index (χ1v) is 7.92. The largest absolute Gasteiger partial charge is 0.484 e. The number of hydrogen-bond acceptors (Lipinski definition) is 4. The van der Waals surface area contributed by atoms with E-state index in [0.29, 0.717) is 23.8 Å². The van der Waals surface area contributed by atoms with Crippen LogP contribution in [0, 0.1) is 11.3 Å². The molecular formula is C18H21NO4. The van der Waals surface area contributed by atoms with Crippen LogP contribution >= 0.6 is 0 Å². The molecule has 0 unspecified atom stereocenters. The highest BCUT2D eigenvalue weighted by Gasteiger charge is 2.45. The predicted octanol–water partition coefficient (Wildman–Crippen LogP) is 2.72. The van der Waals surface area contributed by atoms with E-state index >= 15 is 0 Å². The van der Waals surface area contributed by atoms with Crippen LogP contribution in [0.4, 0.5) is 0 Å². The molecule has 0 spiro atoms. The van der Waals surface area contributed by atoms with Gasteiger partial charge < -0.3 is 14.5 Å². The lowest BCUT2D eigenvalue weighted by molar-refractivity contribution is -0.123. The molecule has 2 aromatic rings. The fraction of sp³-hybridized carbons (Fsp3) is 0.444. The van der Waals surface area contributed by atoms with Gasteiger partial charge in [-0.25, -0.2) is 4.79 Å². The highest BCUT2D eigenvalue weighted by molar-refractivity contribution is 5.79. The molecule has 0 atom stereocenters. The molecule has 1 aromatic carbocycles. The van der Waals surface area contributed by atoms with Gasteiger partial charge in [0, 0.05) is 24.1 Å². The molecular weight excluding hydrogens is 294 g/mol. The van der Waals surface area contributed by atoms with E-state index in [1.54, 1.807) is 24.3 Å². The number of benzene rings is 1. The maximum Gasteiger partial charge on any atom is 0.336 e. The summed E-state index contributed by atoms with van der Waals surface area (Å²) in [7, 11) is 0. The van der Waals surface area contributed by atoms with Crippen molar-refractivity contribution in [2.24, 2.45) is 11.3 Å². The lowest BCUT2D eigenvalue weighted by Crippen LogP contribution is -2.35. The summed E-state index contributed by atoms with van der Waals surface area (Å²) in [4.78, 5) is 23.2. The van der Waals surface area contributed by atoms with Gasteiger partial charge in [-0.2, -0.15) is 0 Å². The second-order valence-electron chi connectivity index (χ2n) is 6.54. The number of hydrogen-bond donors (Lipinski definition) is 1. The van der Waals surface area contributed by atoms with Crippen molar-refractivity contribution in [2.45, 2.75) is 26.7 Å². The molecule has 122 valence electrons. The SMILES string of the molecule is CC(C)C1(CNC(=O)COc2ccc3ccc(=O)oc3c2)CC1. The molecule has 5 heteroatoms. The van der Waals surface area contributed by atoms with Gasteiger partial charge in [-0.05, 0) is 42.4 Å². The Kier molecular flexibility index (Phi) is 4.11. The van der Waals surface area contributed by atoms with Crippen molar-refractivity contribution >= 4 is 16.9 Å². The monoisotopic (exact) mass is 315 g/mol. The van der Waals surface area contributed by atoms with Gasteiger partial charge >= 0.3 is 5.63 Å². The maximum absolute atomic E-state index is 11.9. The summed E-state index contributed by atoms with van der Waals surface area (Å²) in [6.45, 7) is 5.05. The number of amides is 1. The van der Waals surface area contributed by atoms with E-state index in [-0.39, 0.29) is 17.9 Å². The van der Waals surface area contributed by atoms with E-state index in [0.717, 1.165) is 5.39 Å². The molecule has 0 radical (unpaired) electrons. The summed E-state index contributed by atoms with van der Waals surface area (Å²) >= 11 is 0. The van der Waals surface area contributed by atoms with Crippen LogP contribution in [-0.4, -0.2) is 19.1 Å². The fourth-order valence-electron chi connectivity index (χ4n) is 2.72. The number of carbonyl (C=O) groups is 1. The van der Waals surface area contributed by atoms with E-state index in [2.05, 4.69) is 19.2 Å². The van der Waals surface area contributed by atoms with Crippen LogP contribution < -0.4 is 15.7 Å². The second-order valence-corrected chi connectivity index (χ2v) is 6.54. The lowest BCUT2D eigenvalue weighted by atomic mass is 9.92. The van der Waals surface area contributed by atoms with Gasteiger partial charge in [0.25, 0.3) is 5.91 Å². The third kappa shape index (κ3) is 3.55. The van der Waals surface area contributed by atoms with E-state index in [9.17, 15) is 9.59 Å². The van der Waals surface area contributed by atoms with Crippen LogP contribution in [0.3, 0.4) is 0 Å². The first-order valence-electron chi connectivity index (χ1n) is 7.92. The van der Waals surface area contributed by atoms with Crippen molar-refractivity contribution in [3.8, 4) is 5.75 Å². The number of carbonyl (C=O) groups excluding carboxylic acids is 1. The van der Waals surface area contributed by atoms with Gasteiger partial charge in [0.2, 0.25) is 0 Å². The van der Waals surface area contributed by atoms with Gasteiger partial charge in [0.1, 0.15) is 11.3 Å². The van der Waals surface area contributed by atoms with Crippen LogP contribution in [0.25, 0.3) is 11.0 Å². The Hall–Kier alpha value is -2.30. The van der Waals surface area contributed by atoms with Crippen LogP contribution in [0.5, 0.6) is 5.75 Å². The van der Waals surface area contributed by atoms with Crippen molar-refractivity contribution in [3.05, 3.63) is 40.8 Å². The third-order valence-corrected chi connectivity index (χ3v) is 4.72. The van der Waals surface area contributed by atoms with Crippen LogP contribution in [-0.2, 0) is 4.79 Å². The van der Waals surface area contributed by atoms with E-state index in [1.165, 1.54) is 18.9 Å². The Labute approximate surface area is 134 Å². The molecule has 0 aliphatic heterocycles. The summed E-state index contributed by atoms with van der Waals surface area (Å²) in [6.07, 6.45) is 2.35. The summed E-state index contributed by atoms with van der Waals surface area (Å²) in [5.41, 5.74) is 0.324. The summed E-state index contributed by atoms with van der Waals surface area (Å²) in [5, 5.41) is 3.76. The quantitative estimate of drug-likeness (QED) is 0.832.